The van der Waals surface area contributed by atoms with Crippen molar-refractivity contribution in [2.75, 3.05) is 5.75 Å². The molecule has 94 valence electrons. The van der Waals surface area contributed by atoms with Gasteiger partial charge in [0.2, 0.25) is 5.91 Å². The fraction of sp³-hybridized carbons (Fsp3) is 0.333. The van der Waals surface area contributed by atoms with E-state index < -0.39 is 0 Å². The van der Waals surface area contributed by atoms with Crippen LogP contribution in [-0.4, -0.2) is 22.7 Å². The van der Waals surface area contributed by atoms with Crippen LogP contribution in [0.1, 0.15) is 12.8 Å². The number of aromatic nitrogens is 1. The summed E-state index contributed by atoms with van der Waals surface area (Å²) in [4.78, 5) is 15.8. The predicted molar refractivity (Wildman–Crippen MR) is 70.9 cm³/mol. The summed E-state index contributed by atoms with van der Waals surface area (Å²) >= 11 is 7.16. The third-order valence-electron chi connectivity index (χ3n) is 2.60. The van der Waals surface area contributed by atoms with Crippen LogP contribution in [0.3, 0.4) is 0 Å². The van der Waals surface area contributed by atoms with Gasteiger partial charge in [-0.1, -0.05) is 23.4 Å². The third kappa shape index (κ3) is 2.79. The number of carbonyl (C=O) groups excluding carboxylic acids is 1. The number of rotatable bonds is 4. The molecule has 1 aromatic heterocycles. The number of benzene rings is 1. The van der Waals surface area contributed by atoms with E-state index in [1.807, 2.05) is 0 Å². The second-order valence-corrected chi connectivity index (χ2v) is 5.59. The molecule has 0 unspecified atom stereocenters. The zero-order valence-corrected chi connectivity index (χ0v) is 11.1. The van der Waals surface area contributed by atoms with E-state index >= 15 is 0 Å². The Hall–Kier alpha value is -1.20. The molecule has 0 aliphatic heterocycles. The molecule has 1 aliphatic carbocycles. The summed E-state index contributed by atoms with van der Waals surface area (Å²) in [7, 11) is 0. The van der Waals surface area contributed by atoms with Crippen LogP contribution in [0.25, 0.3) is 11.1 Å². The minimum Gasteiger partial charge on any atom is -0.431 e. The van der Waals surface area contributed by atoms with Gasteiger partial charge in [-0.25, -0.2) is 4.98 Å². The summed E-state index contributed by atoms with van der Waals surface area (Å²) < 4.78 is 5.51. The molecule has 3 rings (SSSR count). The van der Waals surface area contributed by atoms with Crippen LogP contribution in [-0.2, 0) is 4.79 Å². The average molecular weight is 283 g/mol. The Labute approximate surface area is 113 Å². The van der Waals surface area contributed by atoms with Crippen LogP contribution in [0.2, 0.25) is 5.02 Å². The van der Waals surface area contributed by atoms with Gasteiger partial charge in [0.15, 0.2) is 5.58 Å². The molecule has 1 heterocycles. The van der Waals surface area contributed by atoms with Crippen molar-refractivity contribution < 1.29 is 9.21 Å². The summed E-state index contributed by atoms with van der Waals surface area (Å²) in [5.41, 5.74) is 1.40. The number of nitrogens with zero attached hydrogens (tertiary/aromatic N) is 1. The second kappa shape index (κ2) is 4.82. The monoisotopic (exact) mass is 282 g/mol. The molecule has 1 N–H and O–H groups in total. The SMILES string of the molecule is O=C(CSc1nc2ccc(Cl)cc2o1)NC1CC1. The fourth-order valence-corrected chi connectivity index (χ4v) is 2.37. The Morgan fingerprint density at radius 2 is 2.39 bits per heavy atom. The number of nitrogens with one attached hydrogen (secondary N) is 1. The highest BCUT2D eigenvalue weighted by Crippen LogP contribution is 2.26. The molecule has 0 radical (unpaired) electrons. The molecule has 1 saturated carbocycles. The number of hydrogen-bond acceptors (Lipinski definition) is 4. The Bertz CT molecular complexity index is 595. The quantitative estimate of drug-likeness (QED) is 0.876. The lowest BCUT2D eigenvalue weighted by Gasteiger charge is -1.99. The van der Waals surface area contributed by atoms with Crippen LogP contribution in [0.4, 0.5) is 0 Å². The van der Waals surface area contributed by atoms with Crippen LogP contribution in [0.5, 0.6) is 0 Å². The molecule has 6 heteroatoms. The highest BCUT2D eigenvalue weighted by atomic mass is 35.5. The van der Waals surface area contributed by atoms with E-state index in [-0.39, 0.29) is 5.91 Å². The van der Waals surface area contributed by atoms with Crippen molar-refractivity contribution in [2.45, 2.75) is 24.1 Å². The third-order valence-corrected chi connectivity index (χ3v) is 3.66. The second-order valence-electron chi connectivity index (χ2n) is 4.22. The van der Waals surface area contributed by atoms with E-state index in [0.29, 0.717) is 27.6 Å². The molecule has 1 aliphatic rings. The average Bonchev–Trinajstić information content (AvgIpc) is 3.04. The van der Waals surface area contributed by atoms with Crippen molar-refractivity contribution in [3.63, 3.8) is 0 Å². The number of amides is 1. The first-order chi connectivity index (χ1) is 8.70. The molecule has 2 aromatic rings. The number of oxazole rings is 1. The van der Waals surface area contributed by atoms with Gasteiger partial charge < -0.3 is 9.73 Å². The van der Waals surface area contributed by atoms with Gasteiger partial charge in [-0.3, -0.25) is 4.79 Å². The highest BCUT2D eigenvalue weighted by molar-refractivity contribution is 7.99. The molecule has 1 amide bonds. The first-order valence-electron chi connectivity index (χ1n) is 5.69. The molecule has 0 saturated heterocycles. The number of fused-ring (bicyclic) bond motifs is 1. The lowest BCUT2D eigenvalue weighted by Crippen LogP contribution is -2.26. The summed E-state index contributed by atoms with van der Waals surface area (Å²) in [6, 6.07) is 5.68. The van der Waals surface area contributed by atoms with Gasteiger partial charge in [0.1, 0.15) is 5.52 Å². The largest absolute Gasteiger partial charge is 0.431 e. The minimum absolute atomic E-state index is 0.0304. The van der Waals surface area contributed by atoms with Crippen molar-refractivity contribution in [3.05, 3.63) is 23.2 Å². The van der Waals surface area contributed by atoms with Crippen molar-refractivity contribution in [1.29, 1.82) is 0 Å². The normalized spacial score (nSPS) is 14.9. The van der Waals surface area contributed by atoms with Gasteiger partial charge >= 0.3 is 0 Å². The minimum atomic E-state index is 0.0304. The number of thioether (sulfide) groups is 1. The fourth-order valence-electron chi connectivity index (χ4n) is 1.56. The smallest absolute Gasteiger partial charge is 0.257 e. The van der Waals surface area contributed by atoms with Gasteiger partial charge in [-0.15, -0.1) is 0 Å². The molecular weight excluding hydrogens is 272 g/mol. The Morgan fingerprint density at radius 1 is 1.56 bits per heavy atom. The zero-order valence-electron chi connectivity index (χ0n) is 9.48. The summed E-state index contributed by atoms with van der Waals surface area (Å²) in [5.74, 6) is 0.361. The number of hydrogen-bond donors (Lipinski definition) is 1. The van der Waals surface area contributed by atoms with Crippen LogP contribution in [0.15, 0.2) is 27.8 Å². The van der Waals surface area contributed by atoms with Crippen molar-refractivity contribution >= 4 is 40.4 Å². The molecule has 0 bridgehead atoms. The molecule has 4 nitrogen and oxygen atoms in total. The van der Waals surface area contributed by atoms with E-state index in [2.05, 4.69) is 10.3 Å². The van der Waals surface area contributed by atoms with Gasteiger partial charge in [0.25, 0.3) is 5.22 Å². The van der Waals surface area contributed by atoms with E-state index in [1.54, 1.807) is 18.2 Å². The van der Waals surface area contributed by atoms with Crippen molar-refractivity contribution in [2.24, 2.45) is 0 Å². The van der Waals surface area contributed by atoms with Crippen molar-refractivity contribution in [3.8, 4) is 0 Å². The lowest BCUT2D eigenvalue weighted by atomic mass is 10.3. The van der Waals surface area contributed by atoms with E-state index in [0.717, 1.165) is 18.4 Å². The summed E-state index contributed by atoms with van der Waals surface area (Å²) in [6.07, 6.45) is 2.19. The maximum atomic E-state index is 11.5. The lowest BCUT2D eigenvalue weighted by molar-refractivity contribution is -0.118. The zero-order chi connectivity index (χ0) is 12.5. The van der Waals surface area contributed by atoms with E-state index in [9.17, 15) is 4.79 Å². The number of carbonyl (C=O) groups is 1. The van der Waals surface area contributed by atoms with Gasteiger partial charge in [-0.2, -0.15) is 0 Å². The first kappa shape index (κ1) is 11.9. The maximum absolute atomic E-state index is 11.5. The van der Waals surface area contributed by atoms with E-state index in [1.165, 1.54) is 11.8 Å². The summed E-state index contributed by atoms with van der Waals surface area (Å²) in [5, 5.41) is 4.03. The maximum Gasteiger partial charge on any atom is 0.257 e. The van der Waals surface area contributed by atoms with Crippen LogP contribution < -0.4 is 5.32 Å². The molecule has 0 atom stereocenters. The van der Waals surface area contributed by atoms with Crippen LogP contribution in [0, 0.1) is 0 Å². The van der Waals surface area contributed by atoms with E-state index in [4.69, 9.17) is 16.0 Å². The first-order valence-corrected chi connectivity index (χ1v) is 7.05. The Morgan fingerprint density at radius 3 is 3.17 bits per heavy atom. The topological polar surface area (TPSA) is 55.1 Å². The number of halogens is 1. The predicted octanol–water partition coefficient (Wildman–Crippen LogP) is 2.85. The van der Waals surface area contributed by atoms with Gasteiger partial charge in [-0.05, 0) is 25.0 Å². The van der Waals surface area contributed by atoms with Crippen LogP contribution >= 0.6 is 23.4 Å². The highest BCUT2D eigenvalue weighted by Gasteiger charge is 2.23. The van der Waals surface area contributed by atoms with Gasteiger partial charge in [0.05, 0.1) is 5.75 Å². The molecular formula is C12H11ClN2O2S. The Kier molecular flexibility index (Phi) is 3.18. The summed E-state index contributed by atoms with van der Waals surface area (Å²) in [6.45, 7) is 0. The van der Waals surface area contributed by atoms with Gasteiger partial charge in [0, 0.05) is 17.1 Å². The molecule has 1 fully saturated rings. The molecule has 0 spiro atoms. The molecule has 1 aromatic carbocycles. The van der Waals surface area contributed by atoms with Crippen molar-refractivity contribution in [1.82, 2.24) is 10.3 Å². The standard InChI is InChI=1S/C12H11ClN2O2S/c13-7-1-4-9-10(5-7)17-12(15-9)18-6-11(16)14-8-2-3-8/h1,4-5,8H,2-3,6H2,(H,14,16). The Balaban J connectivity index is 1.64. The molecule has 18 heavy (non-hydrogen) atoms.